The maximum atomic E-state index is 12.4. The number of rotatable bonds is 7. The van der Waals surface area contributed by atoms with Crippen molar-refractivity contribution in [2.75, 3.05) is 18.1 Å². The zero-order chi connectivity index (χ0) is 14.4. The summed E-state index contributed by atoms with van der Waals surface area (Å²) in [5, 5.41) is 2.83. The zero-order valence-electron chi connectivity index (χ0n) is 12.0. The zero-order valence-corrected chi connectivity index (χ0v) is 12.8. The molecule has 5 heteroatoms. The number of carbonyl (C=O) groups excluding carboxylic acids is 2. The van der Waals surface area contributed by atoms with Crippen LogP contribution in [0.3, 0.4) is 0 Å². The highest BCUT2D eigenvalue weighted by Crippen LogP contribution is 2.19. The van der Waals surface area contributed by atoms with E-state index in [1.807, 2.05) is 26.8 Å². The second-order valence-electron chi connectivity index (χ2n) is 5.05. The van der Waals surface area contributed by atoms with Crippen LogP contribution in [-0.2, 0) is 9.59 Å². The van der Waals surface area contributed by atoms with Gasteiger partial charge < -0.3 is 10.2 Å². The number of nitrogens with zero attached hydrogens (tertiary/aromatic N) is 1. The maximum Gasteiger partial charge on any atom is 0.245 e. The Morgan fingerprint density at radius 1 is 1.47 bits per heavy atom. The normalized spacial score (nSPS) is 23.7. The molecule has 19 heavy (non-hydrogen) atoms. The lowest BCUT2D eigenvalue weighted by atomic mass is 9.96. The van der Waals surface area contributed by atoms with E-state index in [4.69, 9.17) is 0 Å². The fraction of sp³-hybridized carbons (Fsp3) is 0.714. The van der Waals surface area contributed by atoms with Gasteiger partial charge in [-0.05, 0) is 12.3 Å². The Morgan fingerprint density at radius 3 is 2.68 bits per heavy atom. The van der Waals surface area contributed by atoms with Gasteiger partial charge in [0.25, 0.3) is 0 Å². The van der Waals surface area contributed by atoms with Crippen LogP contribution in [0.4, 0.5) is 0 Å². The molecule has 0 radical (unpaired) electrons. The molecule has 2 unspecified atom stereocenters. The first-order valence-electron chi connectivity index (χ1n) is 6.82. The van der Waals surface area contributed by atoms with Crippen molar-refractivity contribution >= 4 is 23.6 Å². The Bertz CT molecular complexity index is 344. The lowest BCUT2D eigenvalue weighted by Gasteiger charge is -2.40. The van der Waals surface area contributed by atoms with Crippen molar-refractivity contribution in [3.63, 3.8) is 0 Å². The molecule has 1 N–H and O–H groups in total. The molecule has 2 atom stereocenters. The minimum atomic E-state index is -0.355. The summed E-state index contributed by atoms with van der Waals surface area (Å²) < 4.78 is 0. The van der Waals surface area contributed by atoms with Gasteiger partial charge in [-0.25, -0.2) is 0 Å². The van der Waals surface area contributed by atoms with Gasteiger partial charge in [-0.3, -0.25) is 9.59 Å². The van der Waals surface area contributed by atoms with Crippen LogP contribution >= 0.6 is 11.8 Å². The summed E-state index contributed by atoms with van der Waals surface area (Å²) in [6.45, 7) is 10.2. The van der Waals surface area contributed by atoms with Crippen LogP contribution in [0.25, 0.3) is 0 Å². The molecule has 1 aliphatic rings. The first-order chi connectivity index (χ1) is 9.02. The number of hydrogen-bond donors (Lipinski definition) is 1. The molecule has 1 heterocycles. The van der Waals surface area contributed by atoms with Crippen LogP contribution in [0.5, 0.6) is 0 Å². The standard InChI is InChI=1S/C14H24N2O2S/c1-5-8-19-9-7-16-12(10(3)4)13(17)15-11(6-2)14(16)18/h5,10-12H,1,6-9H2,2-4H3,(H,15,17). The van der Waals surface area contributed by atoms with Crippen molar-refractivity contribution in [2.24, 2.45) is 5.92 Å². The third kappa shape index (κ3) is 4.00. The van der Waals surface area contributed by atoms with Crippen molar-refractivity contribution in [3.8, 4) is 0 Å². The maximum absolute atomic E-state index is 12.4. The fourth-order valence-corrected chi connectivity index (χ4v) is 2.97. The molecular formula is C14H24N2O2S. The summed E-state index contributed by atoms with van der Waals surface area (Å²) in [6.07, 6.45) is 2.50. The Kier molecular flexibility index (Phi) is 6.42. The second kappa shape index (κ2) is 7.58. The van der Waals surface area contributed by atoms with E-state index in [9.17, 15) is 9.59 Å². The summed E-state index contributed by atoms with van der Waals surface area (Å²) in [6, 6.07) is -0.688. The first-order valence-corrected chi connectivity index (χ1v) is 7.97. The van der Waals surface area contributed by atoms with Gasteiger partial charge in [0.05, 0.1) is 0 Å². The summed E-state index contributed by atoms with van der Waals surface area (Å²) in [5.74, 6) is 1.88. The third-order valence-electron chi connectivity index (χ3n) is 3.25. The van der Waals surface area contributed by atoms with E-state index in [-0.39, 0.29) is 29.8 Å². The molecule has 0 aromatic carbocycles. The molecule has 0 saturated carbocycles. The molecule has 1 fully saturated rings. The molecule has 4 nitrogen and oxygen atoms in total. The van der Waals surface area contributed by atoms with Crippen LogP contribution in [-0.4, -0.2) is 46.8 Å². The van der Waals surface area contributed by atoms with E-state index in [1.54, 1.807) is 16.7 Å². The van der Waals surface area contributed by atoms with Gasteiger partial charge in [0.2, 0.25) is 11.8 Å². The predicted octanol–water partition coefficient (Wildman–Crippen LogP) is 1.67. The Hall–Kier alpha value is -0.970. The predicted molar refractivity (Wildman–Crippen MR) is 80.1 cm³/mol. The third-order valence-corrected chi connectivity index (χ3v) is 4.20. The molecule has 0 bridgehead atoms. The number of piperazine rings is 1. The molecule has 0 spiro atoms. The molecule has 1 aliphatic heterocycles. The molecule has 0 aromatic rings. The van der Waals surface area contributed by atoms with Gasteiger partial charge in [-0.15, -0.1) is 6.58 Å². The largest absolute Gasteiger partial charge is 0.343 e. The number of nitrogens with one attached hydrogen (secondary N) is 1. The van der Waals surface area contributed by atoms with Crippen molar-refractivity contribution in [1.82, 2.24) is 10.2 Å². The quantitative estimate of drug-likeness (QED) is 0.571. The van der Waals surface area contributed by atoms with E-state index < -0.39 is 0 Å². The van der Waals surface area contributed by atoms with E-state index >= 15 is 0 Å². The Balaban J connectivity index is 2.74. The topological polar surface area (TPSA) is 49.4 Å². The van der Waals surface area contributed by atoms with Gasteiger partial charge in [0.15, 0.2) is 0 Å². The van der Waals surface area contributed by atoms with E-state index in [1.165, 1.54) is 0 Å². The average Bonchev–Trinajstić information content (AvgIpc) is 2.37. The second-order valence-corrected chi connectivity index (χ2v) is 6.20. The lowest BCUT2D eigenvalue weighted by Crippen LogP contribution is -2.64. The highest BCUT2D eigenvalue weighted by atomic mass is 32.2. The van der Waals surface area contributed by atoms with Crippen LogP contribution in [0.15, 0.2) is 12.7 Å². The fourth-order valence-electron chi connectivity index (χ4n) is 2.32. The number of hydrogen-bond acceptors (Lipinski definition) is 3. The highest BCUT2D eigenvalue weighted by molar-refractivity contribution is 7.99. The highest BCUT2D eigenvalue weighted by Gasteiger charge is 2.40. The molecule has 1 rings (SSSR count). The molecule has 108 valence electrons. The minimum absolute atomic E-state index is 0.0184. The van der Waals surface area contributed by atoms with Crippen molar-refractivity contribution in [3.05, 3.63) is 12.7 Å². The van der Waals surface area contributed by atoms with Crippen LogP contribution < -0.4 is 5.32 Å². The van der Waals surface area contributed by atoms with Gasteiger partial charge in [-0.1, -0.05) is 26.8 Å². The van der Waals surface area contributed by atoms with Gasteiger partial charge in [-0.2, -0.15) is 11.8 Å². The Morgan fingerprint density at radius 2 is 2.16 bits per heavy atom. The number of thioether (sulfide) groups is 1. The van der Waals surface area contributed by atoms with Crippen molar-refractivity contribution in [1.29, 1.82) is 0 Å². The number of amides is 2. The van der Waals surface area contributed by atoms with Crippen molar-refractivity contribution in [2.45, 2.75) is 39.3 Å². The van der Waals surface area contributed by atoms with Crippen LogP contribution in [0.1, 0.15) is 27.2 Å². The monoisotopic (exact) mass is 284 g/mol. The van der Waals surface area contributed by atoms with Crippen LogP contribution in [0.2, 0.25) is 0 Å². The van der Waals surface area contributed by atoms with Crippen LogP contribution in [0, 0.1) is 5.92 Å². The van der Waals surface area contributed by atoms with Crippen molar-refractivity contribution < 1.29 is 9.59 Å². The first kappa shape index (κ1) is 16.1. The van der Waals surface area contributed by atoms with E-state index in [0.717, 1.165) is 11.5 Å². The lowest BCUT2D eigenvalue weighted by molar-refractivity contribution is -0.150. The molecule has 0 aliphatic carbocycles. The summed E-state index contributed by atoms with van der Waals surface area (Å²) in [5.41, 5.74) is 0. The minimum Gasteiger partial charge on any atom is -0.343 e. The summed E-state index contributed by atoms with van der Waals surface area (Å²) in [7, 11) is 0. The molecule has 1 saturated heterocycles. The molecule has 0 aromatic heterocycles. The van der Waals surface area contributed by atoms with Gasteiger partial charge in [0.1, 0.15) is 12.1 Å². The Labute approximate surface area is 120 Å². The van der Waals surface area contributed by atoms with E-state index in [0.29, 0.717) is 13.0 Å². The SMILES string of the molecule is C=CCSCCN1C(=O)C(CC)NC(=O)C1C(C)C. The van der Waals surface area contributed by atoms with Gasteiger partial charge >= 0.3 is 0 Å². The average molecular weight is 284 g/mol. The van der Waals surface area contributed by atoms with E-state index in [2.05, 4.69) is 11.9 Å². The number of carbonyl (C=O) groups is 2. The van der Waals surface area contributed by atoms with Gasteiger partial charge in [0, 0.05) is 18.1 Å². The molecular weight excluding hydrogens is 260 g/mol. The smallest absolute Gasteiger partial charge is 0.245 e. The summed E-state index contributed by atoms with van der Waals surface area (Å²) >= 11 is 1.73. The summed E-state index contributed by atoms with van der Waals surface area (Å²) in [4.78, 5) is 26.2. The molecule has 2 amide bonds.